The number of amides is 1. The molecular formula is C16H15ClFNO2. The highest BCUT2D eigenvalue weighted by Crippen LogP contribution is 2.21. The van der Waals surface area contributed by atoms with Crippen LogP contribution in [0.2, 0.25) is 5.02 Å². The number of carbonyl (C=O) groups excluding carboxylic acids is 1. The molecule has 1 amide bonds. The summed E-state index contributed by atoms with van der Waals surface area (Å²) in [6.07, 6.45) is 0. The van der Waals surface area contributed by atoms with Gasteiger partial charge in [-0.05, 0) is 48.4 Å². The number of hydrogen-bond donors (Lipinski definition) is 1. The van der Waals surface area contributed by atoms with E-state index < -0.39 is 0 Å². The number of carbonyl (C=O) groups is 1. The smallest absolute Gasteiger partial charge is 0.258 e. The minimum atomic E-state index is -0.299. The van der Waals surface area contributed by atoms with E-state index in [1.165, 1.54) is 12.1 Å². The quantitative estimate of drug-likeness (QED) is 0.918. The molecule has 0 radical (unpaired) electrons. The standard InChI is InChI=1S/C16H15ClFNO2/c1-11-8-13(17)4-7-15(11)21-10-16(20)19-9-12-2-5-14(18)6-3-12/h2-8H,9-10H2,1H3,(H,19,20). The van der Waals surface area contributed by atoms with Crippen LogP contribution < -0.4 is 10.1 Å². The first kappa shape index (κ1) is 15.3. The minimum Gasteiger partial charge on any atom is -0.484 e. The topological polar surface area (TPSA) is 38.3 Å². The van der Waals surface area contributed by atoms with Crippen LogP contribution in [0.5, 0.6) is 5.75 Å². The summed E-state index contributed by atoms with van der Waals surface area (Å²) < 4.78 is 18.2. The molecule has 1 N–H and O–H groups in total. The van der Waals surface area contributed by atoms with E-state index in [4.69, 9.17) is 16.3 Å². The third-order valence-electron chi connectivity index (χ3n) is 2.90. The summed E-state index contributed by atoms with van der Waals surface area (Å²) in [5.41, 5.74) is 1.70. The Balaban J connectivity index is 1.80. The molecule has 0 atom stereocenters. The van der Waals surface area contributed by atoms with Crippen LogP contribution in [0.3, 0.4) is 0 Å². The Bertz CT molecular complexity index is 629. The van der Waals surface area contributed by atoms with E-state index in [0.717, 1.165) is 11.1 Å². The second-order valence-corrected chi connectivity index (χ2v) is 5.04. The molecule has 0 spiro atoms. The molecule has 0 aromatic heterocycles. The number of hydrogen-bond acceptors (Lipinski definition) is 2. The lowest BCUT2D eigenvalue weighted by atomic mass is 10.2. The number of nitrogens with one attached hydrogen (secondary N) is 1. The van der Waals surface area contributed by atoms with Crippen molar-refractivity contribution >= 4 is 17.5 Å². The Hall–Kier alpha value is -2.07. The molecule has 110 valence electrons. The average Bonchev–Trinajstić information content (AvgIpc) is 2.46. The number of rotatable bonds is 5. The summed E-state index contributed by atoms with van der Waals surface area (Å²) in [5.74, 6) is 0.0802. The van der Waals surface area contributed by atoms with Gasteiger partial charge in [0.2, 0.25) is 0 Å². The van der Waals surface area contributed by atoms with Crippen molar-refractivity contribution in [2.24, 2.45) is 0 Å². The van der Waals surface area contributed by atoms with E-state index in [0.29, 0.717) is 17.3 Å². The van der Waals surface area contributed by atoms with Crippen LogP contribution in [0.1, 0.15) is 11.1 Å². The Morgan fingerprint density at radius 2 is 1.95 bits per heavy atom. The van der Waals surface area contributed by atoms with Gasteiger partial charge in [0.1, 0.15) is 11.6 Å². The lowest BCUT2D eigenvalue weighted by molar-refractivity contribution is -0.123. The van der Waals surface area contributed by atoms with Gasteiger partial charge in [-0.15, -0.1) is 0 Å². The van der Waals surface area contributed by atoms with Crippen LogP contribution in [-0.2, 0) is 11.3 Å². The monoisotopic (exact) mass is 307 g/mol. The zero-order chi connectivity index (χ0) is 15.2. The fraction of sp³-hybridized carbons (Fsp3) is 0.188. The van der Waals surface area contributed by atoms with Gasteiger partial charge < -0.3 is 10.1 Å². The Labute approximate surface area is 127 Å². The van der Waals surface area contributed by atoms with Gasteiger partial charge >= 0.3 is 0 Å². The molecular weight excluding hydrogens is 293 g/mol. The van der Waals surface area contributed by atoms with Crippen LogP contribution in [0.15, 0.2) is 42.5 Å². The van der Waals surface area contributed by atoms with Gasteiger partial charge in [0.25, 0.3) is 5.91 Å². The van der Waals surface area contributed by atoms with E-state index in [1.807, 2.05) is 6.92 Å². The van der Waals surface area contributed by atoms with Crippen molar-refractivity contribution in [3.05, 3.63) is 64.4 Å². The van der Waals surface area contributed by atoms with Gasteiger partial charge in [-0.2, -0.15) is 0 Å². The zero-order valence-electron chi connectivity index (χ0n) is 11.5. The van der Waals surface area contributed by atoms with E-state index in [9.17, 15) is 9.18 Å². The highest BCUT2D eigenvalue weighted by atomic mass is 35.5. The maximum atomic E-state index is 12.7. The molecule has 0 aliphatic carbocycles. The van der Waals surface area contributed by atoms with Crippen molar-refractivity contribution in [1.29, 1.82) is 0 Å². The molecule has 0 bridgehead atoms. The highest BCUT2D eigenvalue weighted by molar-refractivity contribution is 6.30. The molecule has 3 nitrogen and oxygen atoms in total. The van der Waals surface area contributed by atoms with Crippen molar-refractivity contribution in [2.75, 3.05) is 6.61 Å². The van der Waals surface area contributed by atoms with Gasteiger partial charge in [0.15, 0.2) is 6.61 Å². The lowest BCUT2D eigenvalue weighted by Crippen LogP contribution is -2.28. The summed E-state index contributed by atoms with van der Waals surface area (Å²) in [6, 6.07) is 11.2. The second-order valence-electron chi connectivity index (χ2n) is 4.60. The van der Waals surface area contributed by atoms with Gasteiger partial charge in [-0.1, -0.05) is 23.7 Å². The summed E-state index contributed by atoms with van der Waals surface area (Å²) in [5, 5.41) is 3.33. The SMILES string of the molecule is Cc1cc(Cl)ccc1OCC(=O)NCc1ccc(F)cc1. The summed E-state index contributed by atoms with van der Waals surface area (Å²) in [7, 11) is 0. The molecule has 0 aliphatic rings. The van der Waals surface area contributed by atoms with E-state index in [2.05, 4.69) is 5.32 Å². The molecule has 2 aromatic carbocycles. The molecule has 0 unspecified atom stereocenters. The van der Waals surface area contributed by atoms with E-state index in [-0.39, 0.29) is 18.3 Å². The molecule has 0 fully saturated rings. The van der Waals surface area contributed by atoms with Crippen LogP contribution in [0.4, 0.5) is 4.39 Å². The number of halogens is 2. The number of aryl methyl sites for hydroxylation is 1. The van der Waals surface area contributed by atoms with Crippen molar-refractivity contribution in [2.45, 2.75) is 13.5 Å². The maximum absolute atomic E-state index is 12.7. The zero-order valence-corrected chi connectivity index (χ0v) is 12.3. The Kier molecular flexibility index (Phi) is 5.17. The molecule has 0 saturated carbocycles. The molecule has 0 heterocycles. The normalized spacial score (nSPS) is 10.2. The first-order chi connectivity index (χ1) is 10.0. The summed E-state index contributed by atoms with van der Waals surface area (Å²) in [6.45, 7) is 2.11. The first-order valence-corrected chi connectivity index (χ1v) is 6.82. The molecule has 21 heavy (non-hydrogen) atoms. The average molecular weight is 308 g/mol. The van der Waals surface area contributed by atoms with Crippen molar-refractivity contribution < 1.29 is 13.9 Å². The second kappa shape index (κ2) is 7.09. The van der Waals surface area contributed by atoms with Crippen LogP contribution in [-0.4, -0.2) is 12.5 Å². The van der Waals surface area contributed by atoms with E-state index in [1.54, 1.807) is 30.3 Å². The lowest BCUT2D eigenvalue weighted by Gasteiger charge is -2.10. The predicted octanol–water partition coefficient (Wildman–Crippen LogP) is 3.48. The van der Waals surface area contributed by atoms with E-state index >= 15 is 0 Å². The van der Waals surface area contributed by atoms with Crippen molar-refractivity contribution in [3.8, 4) is 5.75 Å². The molecule has 2 aromatic rings. The van der Waals surface area contributed by atoms with Crippen molar-refractivity contribution in [3.63, 3.8) is 0 Å². The highest BCUT2D eigenvalue weighted by Gasteiger charge is 2.05. The van der Waals surface area contributed by atoms with Gasteiger partial charge in [0, 0.05) is 11.6 Å². The minimum absolute atomic E-state index is 0.0797. The summed E-state index contributed by atoms with van der Waals surface area (Å²) in [4.78, 5) is 11.7. The van der Waals surface area contributed by atoms with Crippen molar-refractivity contribution in [1.82, 2.24) is 5.32 Å². The third-order valence-corrected chi connectivity index (χ3v) is 3.13. The molecule has 5 heteroatoms. The molecule has 0 aliphatic heterocycles. The fourth-order valence-corrected chi connectivity index (χ4v) is 2.00. The van der Waals surface area contributed by atoms with Gasteiger partial charge in [-0.3, -0.25) is 4.79 Å². The van der Waals surface area contributed by atoms with Crippen LogP contribution >= 0.6 is 11.6 Å². The number of benzene rings is 2. The third kappa shape index (κ3) is 4.76. The Morgan fingerprint density at radius 3 is 2.62 bits per heavy atom. The van der Waals surface area contributed by atoms with Crippen LogP contribution in [0, 0.1) is 12.7 Å². The Morgan fingerprint density at radius 1 is 1.24 bits per heavy atom. The van der Waals surface area contributed by atoms with Gasteiger partial charge in [0.05, 0.1) is 0 Å². The largest absolute Gasteiger partial charge is 0.484 e. The van der Waals surface area contributed by atoms with Crippen LogP contribution in [0.25, 0.3) is 0 Å². The maximum Gasteiger partial charge on any atom is 0.258 e. The first-order valence-electron chi connectivity index (χ1n) is 6.44. The fourth-order valence-electron chi connectivity index (χ4n) is 1.77. The number of ether oxygens (including phenoxy) is 1. The van der Waals surface area contributed by atoms with Gasteiger partial charge in [-0.25, -0.2) is 4.39 Å². The predicted molar refractivity (Wildman–Crippen MR) is 79.9 cm³/mol. The molecule has 0 saturated heterocycles. The molecule has 2 rings (SSSR count). The summed E-state index contributed by atoms with van der Waals surface area (Å²) >= 11 is 5.85.